The van der Waals surface area contributed by atoms with Crippen molar-refractivity contribution in [3.05, 3.63) is 84.1 Å². The Morgan fingerprint density at radius 3 is 2.37 bits per heavy atom. The number of benzene rings is 2. The molecule has 5 rings (SSSR count). The van der Waals surface area contributed by atoms with Gasteiger partial charge in [0.1, 0.15) is 22.6 Å². The first-order valence-corrected chi connectivity index (χ1v) is 13.7. The Bertz CT molecular complexity index is 1390. The van der Waals surface area contributed by atoms with Crippen LogP contribution in [0.4, 0.5) is 27.5 Å². The van der Waals surface area contributed by atoms with Crippen LogP contribution in [0.5, 0.6) is 0 Å². The third kappa shape index (κ3) is 6.60. The summed E-state index contributed by atoms with van der Waals surface area (Å²) < 4.78 is 30.3. The van der Waals surface area contributed by atoms with Gasteiger partial charge in [-0.2, -0.15) is 10.1 Å². The van der Waals surface area contributed by atoms with Crippen molar-refractivity contribution < 1.29 is 8.60 Å². The van der Waals surface area contributed by atoms with Gasteiger partial charge >= 0.3 is 0 Å². The number of piperidine rings is 1. The molecule has 1 atom stereocenters. The predicted octanol–water partition coefficient (Wildman–Crippen LogP) is 4.42. The quantitative estimate of drug-likeness (QED) is 0.292. The molecular weight excluding hydrogens is 503 g/mol. The Balaban J connectivity index is 1.12. The Labute approximate surface area is 224 Å². The zero-order valence-corrected chi connectivity index (χ0v) is 22.2. The maximum Gasteiger partial charge on any atom is 0.229 e. The van der Waals surface area contributed by atoms with Gasteiger partial charge in [-0.05, 0) is 80.4 Å². The number of hydrogen-bond acceptors (Lipinski definition) is 7. The molecule has 1 aliphatic heterocycles. The summed E-state index contributed by atoms with van der Waals surface area (Å²) in [6, 6.07) is 17.8. The number of anilines is 4. The smallest absolute Gasteiger partial charge is 0.229 e. The molecule has 2 aromatic heterocycles. The first kappa shape index (κ1) is 26.0. The molecule has 0 bridgehead atoms. The highest BCUT2D eigenvalue weighted by Crippen LogP contribution is 2.22. The van der Waals surface area contributed by atoms with Gasteiger partial charge < -0.3 is 16.0 Å². The lowest BCUT2D eigenvalue weighted by Gasteiger charge is -2.31. The van der Waals surface area contributed by atoms with Crippen LogP contribution in [0, 0.1) is 12.7 Å². The average Bonchev–Trinajstić information content (AvgIpc) is 3.26. The Morgan fingerprint density at radius 2 is 1.68 bits per heavy atom. The van der Waals surface area contributed by atoms with Crippen LogP contribution in [0.1, 0.15) is 24.2 Å². The lowest BCUT2D eigenvalue weighted by Crippen LogP contribution is -2.43. The molecule has 0 amide bonds. The Morgan fingerprint density at radius 1 is 1.00 bits per heavy atom. The predicted molar refractivity (Wildman–Crippen MR) is 147 cm³/mol. The molecule has 1 saturated heterocycles. The third-order valence-electron chi connectivity index (χ3n) is 6.44. The van der Waals surface area contributed by atoms with E-state index in [9.17, 15) is 8.60 Å². The molecule has 0 spiro atoms. The maximum absolute atomic E-state index is 13.2. The van der Waals surface area contributed by atoms with Crippen LogP contribution in [0.15, 0.2) is 71.8 Å². The van der Waals surface area contributed by atoms with Crippen LogP contribution in [0.25, 0.3) is 0 Å². The molecule has 11 heteroatoms. The largest absolute Gasteiger partial charge is 0.340 e. The fourth-order valence-electron chi connectivity index (χ4n) is 4.41. The first-order valence-electron chi connectivity index (χ1n) is 12.6. The fraction of sp³-hybridized carbons (Fsp3) is 0.296. The standard InChI is InChI=1S/C27H31FN8OS/c1-19-17-24(35(2)34-19)18-30-21-12-15-36(16-13-21)38(37)25-9-7-23(8-10-25)32-27-29-14-11-26(33-27)31-22-5-3-20(28)4-6-22/h3-11,14,17,21,30H,12-13,15-16,18H2,1-2H3,(H2,29,31,32,33). The first-order chi connectivity index (χ1) is 18.4. The van der Waals surface area contributed by atoms with Crippen molar-refractivity contribution in [2.45, 2.75) is 37.2 Å². The summed E-state index contributed by atoms with van der Waals surface area (Å²) >= 11 is 0. The van der Waals surface area contributed by atoms with Crippen molar-refractivity contribution in [3.8, 4) is 0 Å². The minimum Gasteiger partial charge on any atom is -0.340 e. The van der Waals surface area contributed by atoms with Crippen LogP contribution in [0.3, 0.4) is 0 Å². The molecule has 0 aliphatic carbocycles. The van der Waals surface area contributed by atoms with Crippen molar-refractivity contribution >= 4 is 34.1 Å². The van der Waals surface area contributed by atoms with Gasteiger partial charge in [0.15, 0.2) is 0 Å². The van der Waals surface area contributed by atoms with Gasteiger partial charge in [0.05, 0.1) is 16.3 Å². The summed E-state index contributed by atoms with van der Waals surface area (Å²) in [6.07, 6.45) is 3.53. The SMILES string of the molecule is Cc1cc(CNC2CCN(S(=O)c3ccc(Nc4nccc(Nc5ccc(F)cc5)n4)cc3)CC2)n(C)n1. The molecule has 0 saturated carbocycles. The minimum absolute atomic E-state index is 0.293. The van der Waals surface area contributed by atoms with E-state index in [1.807, 2.05) is 47.2 Å². The zero-order valence-electron chi connectivity index (χ0n) is 21.4. The molecule has 2 aromatic carbocycles. The van der Waals surface area contributed by atoms with E-state index in [-0.39, 0.29) is 5.82 Å². The number of nitrogens with one attached hydrogen (secondary N) is 3. The van der Waals surface area contributed by atoms with Gasteiger partial charge in [-0.3, -0.25) is 4.68 Å². The number of halogens is 1. The van der Waals surface area contributed by atoms with Crippen molar-refractivity contribution in [1.82, 2.24) is 29.4 Å². The Hall–Kier alpha value is -3.67. The van der Waals surface area contributed by atoms with Crippen LogP contribution in [0.2, 0.25) is 0 Å². The van der Waals surface area contributed by atoms with E-state index in [0.29, 0.717) is 17.8 Å². The molecule has 38 heavy (non-hydrogen) atoms. The summed E-state index contributed by atoms with van der Waals surface area (Å²) in [6.45, 7) is 4.34. The molecule has 9 nitrogen and oxygen atoms in total. The summed E-state index contributed by atoms with van der Waals surface area (Å²) in [5, 5.41) is 14.3. The number of nitrogens with zero attached hydrogens (tertiary/aromatic N) is 5. The monoisotopic (exact) mass is 534 g/mol. The van der Waals surface area contributed by atoms with Crippen LogP contribution < -0.4 is 16.0 Å². The van der Waals surface area contributed by atoms with E-state index in [4.69, 9.17) is 0 Å². The van der Waals surface area contributed by atoms with Crippen LogP contribution in [-0.4, -0.2) is 47.4 Å². The minimum atomic E-state index is -1.21. The molecular formula is C27H31FN8OS. The van der Waals surface area contributed by atoms with Gasteiger partial charge in [0, 0.05) is 50.3 Å². The second-order valence-corrected chi connectivity index (χ2v) is 10.8. The molecule has 3 heterocycles. The van der Waals surface area contributed by atoms with Gasteiger partial charge in [-0.1, -0.05) is 0 Å². The molecule has 1 unspecified atom stereocenters. The van der Waals surface area contributed by atoms with Gasteiger partial charge in [-0.15, -0.1) is 0 Å². The zero-order chi connectivity index (χ0) is 26.5. The van der Waals surface area contributed by atoms with E-state index in [1.165, 1.54) is 17.8 Å². The van der Waals surface area contributed by atoms with Crippen molar-refractivity contribution in [2.24, 2.45) is 7.05 Å². The summed E-state index contributed by atoms with van der Waals surface area (Å²) in [5.41, 5.74) is 3.71. The number of aromatic nitrogens is 4. The number of rotatable bonds is 9. The summed E-state index contributed by atoms with van der Waals surface area (Å²) in [4.78, 5) is 9.49. The third-order valence-corrected chi connectivity index (χ3v) is 7.95. The number of hydrogen-bond donors (Lipinski definition) is 3. The number of aryl methyl sites for hydroxylation is 2. The van der Waals surface area contributed by atoms with Crippen LogP contribution in [-0.2, 0) is 24.6 Å². The highest BCUT2D eigenvalue weighted by atomic mass is 32.2. The van der Waals surface area contributed by atoms with E-state index in [1.54, 1.807) is 24.4 Å². The molecule has 1 fully saturated rings. The van der Waals surface area contributed by atoms with E-state index in [0.717, 1.165) is 54.4 Å². The molecule has 3 N–H and O–H groups in total. The second kappa shape index (κ2) is 11.8. The average molecular weight is 535 g/mol. The van der Waals surface area contributed by atoms with Crippen molar-refractivity contribution in [3.63, 3.8) is 0 Å². The molecule has 0 radical (unpaired) electrons. The molecule has 1 aliphatic rings. The van der Waals surface area contributed by atoms with E-state index >= 15 is 0 Å². The Kier molecular flexibility index (Phi) is 8.06. The maximum atomic E-state index is 13.2. The molecule has 4 aromatic rings. The molecule has 198 valence electrons. The fourth-order valence-corrected chi connectivity index (χ4v) is 5.62. The van der Waals surface area contributed by atoms with Crippen LogP contribution >= 0.6 is 0 Å². The normalized spacial score (nSPS) is 15.3. The highest BCUT2D eigenvalue weighted by Gasteiger charge is 2.23. The van der Waals surface area contributed by atoms with Gasteiger partial charge in [0.25, 0.3) is 0 Å². The summed E-state index contributed by atoms with van der Waals surface area (Å²) in [5.74, 6) is 0.709. The van der Waals surface area contributed by atoms with Crippen molar-refractivity contribution in [2.75, 3.05) is 23.7 Å². The van der Waals surface area contributed by atoms with E-state index < -0.39 is 11.0 Å². The van der Waals surface area contributed by atoms with Crippen molar-refractivity contribution in [1.29, 1.82) is 0 Å². The van der Waals surface area contributed by atoms with Gasteiger partial charge in [0.2, 0.25) is 5.95 Å². The van der Waals surface area contributed by atoms with E-state index in [2.05, 4.69) is 37.1 Å². The summed E-state index contributed by atoms with van der Waals surface area (Å²) in [7, 11) is 0.754. The second-order valence-electron chi connectivity index (χ2n) is 9.28. The lowest BCUT2D eigenvalue weighted by molar-refractivity contribution is 0.297. The lowest BCUT2D eigenvalue weighted by atomic mass is 10.1. The highest BCUT2D eigenvalue weighted by molar-refractivity contribution is 7.82. The topological polar surface area (TPSA) is 100 Å². The van der Waals surface area contributed by atoms with Gasteiger partial charge in [-0.25, -0.2) is 17.9 Å².